The molecule has 0 unspecified atom stereocenters. The largest absolute Gasteiger partial charge is 0.495 e. The predicted molar refractivity (Wildman–Crippen MR) is 108 cm³/mol. The lowest BCUT2D eigenvalue weighted by molar-refractivity contribution is 0.360. The van der Waals surface area contributed by atoms with Crippen molar-refractivity contribution in [3.05, 3.63) is 83.8 Å². The number of anilines is 1. The van der Waals surface area contributed by atoms with Crippen molar-refractivity contribution < 1.29 is 9.15 Å². The quantitative estimate of drug-likeness (QED) is 0.622. The van der Waals surface area contributed by atoms with E-state index in [0.717, 1.165) is 17.2 Å². The molecule has 26 heavy (non-hydrogen) atoms. The first-order valence-electron chi connectivity index (χ1n) is 8.42. The van der Waals surface area contributed by atoms with Gasteiger partial charge >= 0.3 is 0 Å². The van der Waals surface area contributed by atoms with E-state index in [4.69, 9.17) is 21.4 Å². The van der Waals surface area contributed by atoms with Crippen molar-refractivity contribution in [2.24, 2.45) is 0 Å². The Hall–Kier alpha value is -2.79. The van der Waals surface area contributed by atoms with Gasteiger partial charge in [0.05, 0.1) is 25.6 Å². The number of hydrogen-bond acceptors (Lipinski definition) is 3. The molecule has 0 saturated heterocycles. The Morgan fingerprint density at radius 3 is 2.50 bits per heavy atom. The van der Waals surface area contributed by atoms with Crippen molar-refractivity contribution in [3.63, 3.8) is 0 Å². The van der Waals surface area contributed by atoms with Crippen LogP contribution in [0, 0.1) is 6.92 Å². The summed E-state index contributed by atoms with van der Waals surface area (Å²) in [5, 5.41) is 3.91. The number of para-hydroxylation sites is 2. The molecule has 3 aromatic rings. The Bertz CT molecular complexity index is 845. The highest BCUT2D eigenvalue weighted by atomic mass is 32.1. The summed E-state index contributed by atoms with van der Waals surface area (Å²) in [5.41, 5.74) is 3.26. The summed E-state index contributed by atoms with van der Waals surface area (Å²) >= 11 is 5.68. The van der Waals surface area contributed by atoms with E-state index in [1.54, 1.807) is 13.4 Å². The van der Waals surface area contributed by atoms with E-state index >= 15 is 0 Å². The lowest BCUT2D eigenvalue weighted by atomic mass is 10.1. The van der Waals surface area contributed by atoms with Gasteiger partial charge in [-0.25, -0.2) is 0 Å². The number of hydrogen-bond donors (Lipinski definition) is 1. The first kappa shape index (κ1) is 18.0. The van der Waals surface area contributed by atoms with Gasteiger partial charge in [0, 0.05) is 6.54 Å². The number of nitrogens with one attached hydrogen (secondary N) is 1. The number of ether oxygens (including phenoxy) is 1. The topological polar surface area (TPSA) is 37.6 Å². The maximum absolute atomic E-state index is 5.68. The second kappa shape index (κ2) is 8.54. The van der Waals surface area contributed by atoms with Crippen molar-refractivity contribution in [2.75, 3.05) is 12.4 Å². The monoisotopic (exact) mass is 366 g/mol. The summed E-state index contributed by atoms with van der Waals surface area (Å²) < 4.78 is 10.9. The van der Waals surface area contributed by atoms with Gasteiger partial charge in [-0.2, -0.15) is 0 Å². The molecule has 0 bridgehead atoms. The molecule has 0 aliphatic carbocycles. The van der Waals surface area contributed by atoms with Gasteiger partial charge in [-0.1, -0.05) is 42.0 Å². The van der Waals surface area contributed by atoms with E-state index in [2.05, 4.69) is 41.4 Å². The summed E-state index contributed by atoms with van der Waals surface area (Å²) in [5.74, 6) is 1.62. The van der Waals surface area contributed by atoms with E-state index in [9.17, 15) is 0 Å². The van der Waals surface area contributed by atoms with Gasteiger partial charge in [0.15, 0.2) is 5.11 Å². The Labute approximate surface area is 159 Å². The lowest BCUT2D eigenvalue weighted by Crippen LogP contribution is -2.33. The molecule has 0 saturated carbocycles. The van der Waals surface area contributed by atoms with Crippen LogP contribution in [0.1, 0.15) is 16.9 Å². The number of rotatable bonds is 6. The van der Waals surface area contributed by atoms with E-state index in [0.29, 0.717) is 18.2 Å². The van der Waals surface area contributed by atoms with Crippen LogP contribution in [0.5, 0.6) is 5.75 Å². The molecule has 1 aromatic heterocycles. The Morgan fingerprint density at radius 2 is 1.81 bits per heavy atom. The number of methoxy groups -OCH3 is 1. The molecule has 5 heteroatoms. The van der Waals surface area contributed by atoms with Gasteiger partial charge in [0.25, 0.3) is 0 Å². The maximum Gasteiger partial charge on any atom is 0.174 e. The van der Waals surface area contributed by atoms with Crippen LogP contribution < -0.4 is 10.1 Å². The van der Waals surface area contributed by atoms with Crippen molar-refractivity contribution in [2.45, 2.75) is 20.0 Å². The van der Waals surface area contributed by atoms with Crippen molar-refractivity contribution in [1.82, 2.24) is 4.90 Å². The molecular weight excluding hydrogens is 344 g/mol. The summed E-state index contributed by atoms with van der Waals surface area (Å²) in [6.07, 6.45) is 1.68. The zero-order valence-corrected chi connectivity index (χ0v) is 15.8. The highest BCUT2D eigenvalue weighted by Crippen LogP contribution is 2.24. The average molecular weight is 366 g/mol. The van der Waals surface area contributed by atoms with Crippen LogP contribution in [0.2, 0.25) is 0 Å². The minimum Gasteiger partial charge on any atom is -0.495 e. The number of thiocarbonyl (C=S) groups is 1. The van der Waals surface area contributed by atoms with Crippen molar-refractivity contribution in [1.29, 1.82) is 0 Å². The molecule has 0 atom stereocenters. The van der Waals surface area contributed by atoms with E-state index in [-0.39, 0.29) is 0 Å². The third kappa shape index (κ3) is 4.64. The van der Waals surface area contributed by atoms with Crippen LogP contribution in [0.25, 0.3) is 0 Å². The fourth-order valence-corrected chi connectivity index (χ4v) is 2.89. The molecule has 4 nitrogen and oxygen atoms in total. The van der Waals surface area contributed by atoms with E-state index in [1.165, 1.54) is 11.1 Å². The Kier molecular flexibility index (Phi) is 5.92. The zero-order valence-electron chi connectivity index (χ0n) is 14.9. The average Bonchev–Trinajstić information content (AvgIpc) is 3.16. The molecule has 0 amide bonds. The Balaban J connectivity index is 1.79. The Morgan fingerprint density at radius 1 is 1.04 bits per heavy atom. The first-order chi connectivity index (χ1) is 12.7. The van der Waals surface area contributed by atoms with Crippen LogP contribution in [-0.4, -0.2) is 17.1 Å². The smallest absolute Gasteiger partial charge is 0.174 e. The molecular formula is C21H22N2O2S. The fourth-order valence-electron chi connectivity index (χ4n) is 2.65. The summed E-state index contributed by atoms with van der Waals surface area (Å²) in [6.45, 7) is 3.35. The fraction of sp³-hybridized carbons (Fsp3) is 0.190. The number of benzene rings is 2. The van der Waals surface area contributed by atoms with Crippen LogP contribution in [-0.2, 0) is 13.1 Å². The molecule has 3 rings (SSSR count). The standard InChI is InChI=1S/C21H22N2O2S/c1-16-9-11-17(12-10-16)14-23(15-18-6-5-13-25-18)21(26)22-19-7-3-4-8-20(19)24-2/h3-13H,14-15H2,1-2H3,(H,22,26). The van der Waals surface area contributed by atoms with Gasteiger partial charge in [0.1, 0.15) is 11.5 Å². The van der Waals surface area contributed by atoms with Crippen LogP contribution in [0.4, 0.5) is 5.69 Å². The molecule has 1 N–H and O–H groups in total. The molecule has 0 radical (unpaired) electrons. The van der Waals surface area contributed by atoms with Gasteiger partial charge in [-0.05, 0) is 49.0 Å². The molecule has 0 aliphatic rings. The molecule has 0 spiro atoms. The van der Waals surface area contributed by atoms with E-state index < -0.39 is 0 Å². The van der Waals surface area contributed by atoms with Crippen molar-refractivity contribution >= 4 is 23.0 Å². The third-order valence-corrected chi connectivity index (χ3v) is 4.42. The second-order valence-electron chi connectivity index (χ2n) is 6.05. The highest BCUT2D eigenvalue weighted by Gasteiger charge is 2.14. The third-order valence-electron chi connectivity index (χ3n) is 4.06. The lowest BCUT2D eigenvalue weighted by Gasteiger charge is -2.26. The molecule has 134 valence electrons. The zero-order chi connectivity index (χ0) is 18.4. The highest BCUT2D eigenvalue weighted by molar-refractivity contribution is 7.80. The minimum atomic E-state index is 0.585. The van der Waals surface area contributed by atoms with Crippen molar-refractivity contribution in [3.8, 4) is 5.75 Å². The van der Waals surface area contributed by atoms with Crippen LogP contribution in [0.15, 0.2) is 71.3 Å². The molecule has 0 aliphatic heterocycles. The predicted octanol–water partition coefficient (Wildman–Crippen LogP) is 5.00. The second-order valence-corrected chi connectivity index (χ2v) is 6.44. The first-order valence-corrected chi connectivity index (χ1v) is 8.83. The summed E-state index contributed by atoms with van der Waals surface area (Å²) in [4.78, 5) is 2.07. The van der Waals surface area contributed by atoms with Gasteiger partial charge in [-0.3, -0.25) is 0 Å². The molecule has 2 aromatic carbocycles. The normalized spacial score (nSPS) is 10.4. The van der Waals surface area contributed by atoms with Gasteiger partial charge in [0.2, 0.25) is 0 Å². The van der Waals surface area contributed by atoms with Crippen LogP contribution in [0.3, 0.4) is 0 Å². The van der Waals surface area contributed by atoms with Gasteiger partial charge in [-0.15, -0.1) is 0 Å². The van der Waals surface area contributed by atoms with Crippen LogP contribution >= 0.6 is 12.2 Å². The molecule has 1 heterocycles. The summed E-state index contributed by atoms with van der Waals surface area (Å²) in [6, 6.07) is 20.0. The molecule has 0 fully saturated rings. The number of nitrogens with zero attached hydrogens (tertiary/aromatic N) is 1. The number of furan rings is 1. The summed E-state index contributed by atoms with van der Waals surface area (Å²) in [7, 11) is 1.65. The van der Waals surface area contributed by atoms with Gasteiger partial charge < -0.3 is 19.4 Å². The number of aryl methyl sites for hydroxylation is 1. The maximum atomic E-state index is 5.68. The minimum absolute atomic E-state index is 0.585. The SMILES string of the molecule is COc1ccccc1NC(=S)N(Cc1ccc(C)cc1)Cc1ccco1. The van der Waals surface area contributed by atoms with E-state index in [1.807, 2.05) is 36.4 Å².